The molecular formula is C14H15ClOS. The summed E-state index contributed by atoms with van der Waals surface area (Å²) in [5.41, 5.74) is 3.39. The molecule has 3 heteroatoms. The lowest BCUT2D eigenvalue weighted by Crippen LogP contribution is -2.00. The number of aliphatic hydroxyl groups excluding tert-OH is 1. The van der Waals surface area contributed by atoms with Crippen LogP contribution in [0.2, 0.25) is 5.02 Å². The van der Waals surface area contributed by atoms with Crippen molar-refractivity contribution in [2.75, 3.05) is 0 Å². The van der Waals surface area contributed by atoms with E-state index in [1.165, 1.54) is 16.9 Å². The van der Waals surface area contributed by atoms with Crippen LogP contribution in [0.5, 0.6) is 0 Å². The van der Waals surface area contributed by atoms with Gasteiger partial charge < -0.3 is 5.11 Å². The van der Waals surface area contributed by atoms with Gasteiger partial charge in [0.05, 0.1) is 16.0 Å². The molecule has 90 valence electrons. The van der Waals surface area contributed by atoms with E-state index in [4.69, 9.17) is 11.6 Å². The SMILES string of the molecule is Cc1cccc(CC(O)c2scc(C)c2Cl)c1. The smallest absolute Gasteiger partial charge is 0.0937 e. The Hall–Kier alpha value is -0.830. The second-order valence-corrected chi connectivity index (χ2v) is 5.60. The Morgan fingerprint density at radius 2 is 2.12 bits per heavy atom. The zero-order chi connectivity index (χ0) is 12.4. The van der Waals surface area contributed by atoms with Crippen LogP contribution in [0.25, 0.3) is 0 Å². The number of thiophene rings is 1. The molecule has 0 radical (unpaired) electrons. The summed E-state index contributed by atoms with van der Waals surface area (Å²) in [4.78, 5) is 0.866. The Balaban J connectivity index is 2.17. The van der Waals surface area contributed by atoms with Crippen molar-refractivity contribution in [1.82, 2.24) is 0 Å². The van der Waals surface area contributed by atoms with E-state index < -0.39 is 6.10 Å². The summed E-state index contributed by atoms with van der Waals surface area (Å²) in [7, 11) is 0. The second-order valence-electron chi connectivity index (χ2n) is 4.31. The van der Waals surface area contributed by atoms with Gasteiger partial charge in [0.15, 0.2) is 0 Å². The summed E-state index contributed by atoms with van der Waals surface area (Å²) < 4.78 is 0. The fraction of sp³-hybridized carbons (Fsp3) is 0.286. The van der Waals surface area contributed by atoms with Gasteiger partial charge in [0, 0.05) is 6.42 Å². The first-order chi connectivity index (χ1) is 8.08. The predicted molar refractivity (Wildman–Crippen MR) is 73.9 cm³/mol. The molecule has 2 rings (SSSR count). The van der Waals surface area contributed by atoms with Gasteiger partial charge >= 0.3 is 0 Å². The number of aliphatic hydroxyl groups is 1. The highest BCUT2D eigenvalue weighted by molar-refractivity contribution is 7.10. The van der Waals surface area contributed by atoms with Gasteiger partial charge in [-0.2, -0.15) is 0 Å². The number of halogens is 1. The molecule has 0 saturated carbocycles. The summed E-state index contributed by atoms with van der Waals surface area (Å²) in [5, 5.41) is 12.9. The Kier molecular flexibility index (Phi) is 3.87. The Morgan fingerprint density at radius 1 is 1.35 bits per heavy atom. The molecule has 1 heterocycles. The van der Waals surface area contributed by atoms with Gasteiger partial charge in [-0.1, -0.05) is 41.4 Å². The van der Waals surface area contributed by atoms with Gasteiger partial charge in [0.2, 0.25) is 0 Å². The van der Waals surface area contributed by atoms with Crippen molar-refractivity contribution in [3.8, 4) is 0 Å². The quantitative estimate of drug-likeness (QED) is 0.878. The van der Waals surface area contributed by atoms with Crippen molar-refractivity contribution < 1.29 is 5.11 Å². The van der Waals surface area contributed by atoms with E-state index in [0.29, 0.717) is 11.4 Å². The Bertz CT molecular complexity index is 519. The van der Waals surface area contributed by atoms with E-state index in [2.05, 4.69) is 19.1 Å². The first-order valence-corrected chi connectivity index (χ1v) is 6.81. The molecule has 0 aliphatic heterocycles. The van der Waals surface area contributed by atoms with Crippen LogP contribution in [0.3, 0.4) is 0 Å². The third-order valence-electron chi connectivity index (χ3n) is 2.74. The monoisotopic (exact) mass is 266 g/mol. The normalized spacial score (nSPS) is 12.7. The summed E-state index contributed by atoms with van der Waals surface area (Å²) in [6.07, 6.45) is 0.101. The zero-order valence-corrected chi connectivity index (χ0v) is 11.5. The van der Waals surface area contributed by atoms with Gasteiger partial charge in [-0.3, -0.25) is 0 Å². The summed E-state index contributed by atoms with van der Waals surface area (Å²) in [6.45, 7) is 4.01. The molecule has 0 fully saturated rings. The molecule has 0 spiro atoms. The zero-order valence-electron chi connectivity index (χ0n) is 9.90. The van der Waals surface area contributed by atoms with Crippen LogP contribution in [0.15, 0.2) is 29.6 Å². The van der Waals surface area contributed by atoms with Gasteiger partial charge in [0.1, 0.15) is 0 Å². The lowest BCUT2D eigenvalue weighted by atomic mass is 10.0. The van der Waals surface area contributed by atoms with Crippen molar-refractivity contribution >= 4 is 22.9 Å². The molecular weight excluding hydrogens is 252 g/mol. The Labute approximate surface area is 111 Å². The van der Waals surface area contributed by atoms with Crippen molar-refractivity contribution in [2.45, 2.75) is 26.4 Å². The first-order valence-electron chi connectivity index (χ1n) is 5.55. The maximum atomic E-state index is 10.2. The van der Waals surface area contributed by atoms with Crippen LogP contribution in [0.4, 0.5) is 0 Å². The molecule has 0 amide bonds. The van der Waals surface area contributed by atoms with Crippen molar-refractivity contribution in [2.24, 2.45) is 0 Å². The maximum Gasteiger partial charge on any atom is 0.0937 e. The van der Waals surface area contributed by atoms with Crippen LogP contribution >= 0.6 is 22.9 Å². The van der Waals surface area contributed by atoms with E-state index in [-0.39, 0.29) is 0 Å². The molecule has 17 heavy (non-hydrogen) atoms. The molecule has 0 saturated heterocycles. The predicted octanol–water partition coefficient (Wildman–Crippen LogP) is 4.29. The standard InChI is InChI=1S/C14H15ClOS/c1-9-4-3-5-11(6-9)7-12(16)14-13(15)10(2)8-17-14/h3-6,8,12,16H,7H2,1-2H3. The number of rotatable bonds is 3. The minimum Gasteiger partial charge on any atom is -0.387 e. The van der Waals surface area contributed by atoms with Gasteiger partial charge in [-0.15, -0.1) is 11.3 Å². The van der Waals surface area contributed by atoms with Gasteiger partial charge in [-0.25, -0.2) is 0 Å². The molecule has 1 aromatic carbocycles. The third-order valence-corrected chi connectivity index (χ3v) is 4.55. The lowest BCUT2D eigenvalue weighted by molar-refractivity contribution is 0.182. The first kappa shape index (κ1) is 12.6. The summed E-state index contributed by atoms with van der Waals surface area (Å²) in [6, 6.07) is 8.19. The van der Waals surface area contributed by atoms with Crippen LogP contribution in [-0.2, 0) is 6.42 Å². The molecule has 0 aliphatic carbocycles. The van der Waals surface area contributed by atoms with E-state index in [1.54, 1.807) is 0 Å². The van der Waals surface area contributed by atoms with E-state index in [9.17, 15) is 5.11 Å². The molecule has 2 aromatic rings. The molecule has 1 N–H and O–H groups in total. The Morgan fingerprint density at radius 3 is 2.71 bits per heavy atom. The molecule has 1 nitrogen and oxygen atoms in total. The number of hydrogen-bond donors (Lipinski definition) is 1. The fourth-order valence-corrected chi connectivity index (χ4v) is 3.13. The van der Waals surface area contributed by atoms with E-state index >= 15 is 0 Å². The summed E-state index contributed by atoms with van der Waals surface area (Å²) >= 11 is 7.68. The van der Waals surface area contributed by atoms with E-state index in [0.717, 1.165) is 16.0 Å². The third kappa shape index (κ3) is 2.89. The van der Waals surface area contributed by atoms with Crippen LogP contribution < -0.4 is 0 Å². The molecule has 0 aliphatic rings. The van der Waals surface area contributed by atoms with Crippen molar-refractivity contribution in [3.63, 3.8) is 0 Å². The molecule has 0 bridgehead atoms. The average Bonchev–Trinajstić information content (AvgIpc) is 2.60. The highest BCUT2D eigenvalue weighted by Crippen LogP contribution is 2.33. The minimum atomic E-state index is -0.511. The van der Waals surface area contributed by atoms with Gasteiger partial charge in [0.25, 0.3) is 0 Å². The van der Waals surface area contributed by atoms with E-state index in [1.807, 2.05) is 24.4 Å². The van der Waals surface area contributed by atoms with Crippen LogP contribution in [0, 0.1) is 13.8 Å². The number of benzene rings is 1. The topological polar surface area (TPSA) is 20.2 Å². The maximum absolute atomic E-state index is 10.2. The fourth-order valence-electron chi connectivity index (χ4n) is 1.83. The van der Waals surface area contributed by atoms with Crippen LogP contribution in [-0.4, -0.2) is 5.11 Å². The largest absolute Gasteiger partial charge is 0.387 e. The van der Waals surface area contributed by atoms with Gasteiger partial charge in [-0.05, 0) is 30.4 Å². The summed E-state index contributed by atoms with van der Waals surface area (Å²) in [5.74, 6) is 0. The molecule has 1 aromatic heterocycles. The van der Waals surface area contributed by atoms with Crippen LogP contribution in [0.1, 0.15) is 27.7 Å². The molecule has 1 atom stereocenters. The van der Waals surface area contributed by atoms with Crippen molar-refractivity contribution in [3.05, 3.63) is 56.2 Å². The highest BCUT2D eigenvalue weighted by atomic mass is 35.5. The highest BCUT2D eigenvalue weighted by Gasteiger charge is 2.15. The molecule has 1 unspecified atom stereocenters. The average molecular weight is 267 g/mol. The number of hydrogen-bond acceptors (Lipinski definition) is 2. The number of aryl methyl sites for hydroxylation is 2. The van der Waals surface area contributed by atoms with Crippen molar-refractivity contribution in [1.29, 1.82) is 0 Å². The second kappa shape index (κ2) is 5.21. The lowest BCUT2D eigenvalue weighted by Gasteiger charge is -2.10. The minimum absolute atomic E-state index is 0.511.